The fraction of sp³-hybridized carbons (Fsp3) is 0.333. The molecule has 0 saturated carbocycles. The SMILES string of the molecule is O=C(C=Cc1ccc(O)c(O[C@@H]2O[C@H](CO)[C@@H](O)[C@H](O)[C@H]2O)c1)OC[C@H]1O[C@@H](Oc2cc3c(O)cc(=O)cc-3oc2-c2ccc(O)cc2)[C@H](O)[C@@H](O)[C@@H]1O. The van der Waals surface area contributed by atoms with Gasteiger partial charge in [-0.25, -0.2) is 4.79 Å². The summed E-state index contributed by atoms with van der Waals surface area (Å²) in [7, 11) is 0. The monoisotopic (exact) mass is 756 g/mol. The maximum Gasteiger partial charge on any atom is 0.330 e. The van der Waals surface area contributed by atoms with E-state index < -0.39 is 97.5 Å². The van der Waals surface area contributed by atoms with Crippen LogP contribution in [0.1, 0.15) is 5.56 Å². The molecule has 0 radical (unpaired) electrons. The van der Waals surface area contributed by atoms with E-state index in [0.717, 1.165) is 18.2 Å². The van der Waals surface area contributed by atoms with Crippen molar-refractivity contribution in [2.24, 2.45) is 0 Å². The van der Waals surface area contributed by atoms with E-state index in [4.69, 9.17) is 28.1 Å². The summed E-state index contributed by atoms with van der Waals surface area (Å²) in [5, 5.41) is 102. The molecular formula is C36H36O18. The summed E-state index contributed by atoms with van der Waals surface area (Å²) in [5.74, 6) is -2.29. The minimum Gasteiger partial charge on any atom is -0.508 e. The molecule has 10 atom stereocenters. The molecule has 4 aliphatic rings. The number of aliphatic hydroxyl groups is 7. The first kappa shape index (κ1) is 38.4. The van der Waals surface area contributed by atoms with Crippen molar-refractivity contribution in [1.82, 2.24) is 0 Å². The molecule has 54 heavy (non-hydrogen) atoms. The Balaban J connectivity index is 1.14. The molecule has 0 aromatic heterocycles. The van der Waals surface area contributed by atoms with Crippen LogP contribution in [0.4, 0.5) is 0 Å². The van der Waals surface area contributed by atoms with Crippen molar-refractivity contribution in [3.63, 3.8) is 0 Å². The third kappa shape index (κ3) is 8.11. The summed E-state index contributed by atoms with van der Waals surface area (Å²) in [6, 6.07) is 12.8. The maximum atomic E-state index is 12.7. The minimum atomic E-state index is -1.85. The largest absolute Gasteiger partial charge is 0.508 e. The van der Waals surface area contributed by atoms with Gasteiger partial charge in [0.1, 0.15) is 72.7 Å². The number of carbonyl (C=O) groups excluding carboxylic acids is 1. The van der Waals surface area contributed by atoms with Crippen LogP contribution in [-0.4, -0.2) is 132 Å². The lowest BCUT2D eigenvalue weighted by atomic mass is 9.99. The highest BCUT2D eigenvalue weighted by molar-refractivity contribution is 5.87. The molecule has 10 N–H and O–H groups in total. The first-order valence-electron chi connectivity index (χ1n) is 16.4. The quantitative estimate of drug-likeness (QED) is 0.0696. The number of carbonyl (C=O) groups is 1. The fourth-order valence-corrected chi connectivity index (χ4v) is 5.75. The second kappa shape index (κ2) is 16.0. The number of esters is 1. The van der Waals surface area contributed by atoms with Gasteiger partial charge in [-0.05, 0) is 54.1 Å². The summed E-state index contributed by atoms with van der Waals surface area (Å²) >= 11 is 0. The molecule has 18 nitrogen and oxygen atoms in total. The van der Waals surface area contributed by atoms with Crippen LogP contribution in [-0.2, 0) is 19.0 Å². The smallest absolute Gasteiger partial charge is 0.330 e. The Morgan fingerprint density at radius 1 is 0.704 bits per heavy atom. The molecule has 6 rings (SSSR count). The molecule has 2 fully saturated rings. The Bertz CT molecular complexity index is 1990. The molecule has 2 saturated heterocycles. The zero-order chi connectivity index (χ0) is 38.8. The van der Waals surface area contributed by atoms with Gasteiger partial charge in [-0.1, -0.05) is 6.07 Å². The third-order valence-corrected chi connectivity index (χ3v) is 8.72. The molecule has 288 valence electrons. The number of phenols is 3. The number of aliphatic hydroxyl groups excluding tert-OH is 7. The Morgan fingerprint density at radius 2 is 1.33 bits per heavy atom. The van der Waals surface area contributed by atoms with Crippen molar-refractivity contribution in [3.8, 4) is 51.4 Å². The molecule has 18 heteroatoms. The number of benzene rings is 3. The zero-order valence-corrected chi connectivity index (χ0v) is 27.9. The second-order valence-electron chi connectivity index (χ2n) is 12.5. The molecule has 0 amide bonds. The van der Waals surface area contributed by atoms with Gasteiger partial charge in [0.05, 0.1) is 12.2 Å². The van der Waals surface area contributed by atoms with Gasteiger partial charge in [0.15, 0.2) is 28.4 Å². The predicted molar refractivity (Wildman–Crippen MR) is 180 cm³/mol. The van der Waals surface area contributed by atoms with Crippen LogP contribution < -0.4 is 14.9 Å². The van der Waals surface area contributed by atoms with Crippen LogP contribution in [0.15, 0.2) is 76.0 Å². The minimum absolute atomic E-state index is 0.0151. The van der Waals surface area contributed by atoms with E-state index in [1.165, 1.54) is 54.6 Å². The van der Waals surface area contributed by atoms with Gasteiger partial charge in [0.25, 0.3) is 0 Å². The van der Waals surface area contributed by atoms with Gasteiger partial charge in [-0.15, -0.1) is 0 Å². The molecule has 2 aromatic carbocycles. The number of phenolic OH excluding ortho intramolecular Hbond substituents is 3. The first-order valence-corrected chi connectivity index (χ1v) is 16.4. The zero-order valence-electron chi connectivity index (χ0n) is 27.9. The summed E-state index contributed by atoms with van der Waals surface area (Å²) in [5.41, 5.74) is 0.118. The Kier molecular flexibility index (Phi) is 11.4. The van der Waals surface area contributed by atoms with E-state index in [-0.39, 0.29) is 39.9 Å². The lowest BCUT2D eigenvalue weighted by Crippen LogP contribution is -2.60. The predicted octanol–water partition coefficient (Wildman–Crippen LogP) is -0.850. The van der Waals surface area contributed by atoms with Gasteiger partial charge in [-0.2, -0.15) is 0 Å². The summed E-state index contributed by atoms with van der Waals surface area (Å²) in [4.78, 5) is 24.7. The van der Waals surface area contributed by atoms with Gasteiger partial charge in [0, 0.05) is 23.8 Å². The van der Waals surface area contributed by atoms with Crippen LogP contribution in [0.3, 0.4) is 0 Å². The molecule has 0 spiro atoms. The van der Waals surface area contributed by atoms with Crippen molar-refractivity contribution in [3.05, 3.63) is 82.5 Å². The summed E-state index contributed by atoms with van der Waals surface area (Å²) < 4.78 is 33.5. The number of hydrogen-bond acceptors (Lipinski definition) is 18. The maximum absolute atomic E-state index is 12.7. The van der Waals surface area contributed by atoms with Crippen LogP contribution >= 0.6 is 0 Å². The number of hydrogen-bond donors (Lipinski definition) is 10. The van der Waals surface area contributed by atoms with Gasteiger partial charge in [0.2, 0.25) is 12.6 Å². The normalized spacial score (nSPS) is 28.6. The fourth-order valence-electron chi connectivity index (χ4n) is 5.75. The van der Waals surface area contributed by atoms with Gasteiger partial charge >= 0.3 is 5.97 Å². The number of fused-ring (bicyclic) bond motifs is 1. The van der Waals surface area contributed by atoms with E-state index in [2.05, 4.69) is 0 Å². The van der Waals surface area contributed by atoms with Crippen molar-refractivity contribution in [2.75, 3.05) is 13.2 Å². The van der Waals surface area contributed by atoms with E-state index in [1.807, 2.05) is 0 Å². The average Bonchev–Trinajstić information content (AvgIpc) is 3.15. The van der Waals surface area contributed by atoms with E-state index in [1.54, 1.807) is 0 Å². The third-order valence-electron chi connectivity index (χ3n) is 8.72. The second-order valence-corrected chi connectivity index (χ2v) is 12.5. The molecule has 1 aliphatic carbocycles. The summed E-state index contributed by atoms with van der Waals surface area (Å²) in [6.45, 7) is -1.34. The Morgan fingerprint density at radius 3 is 2.00 bits per heavy atom. The summed E-state index contributed by atoms with van der Waals surface area (Å²) in [6.07, 6.45) is -14.3. The molecular weight excluding hydrogens is 720 g/mol. The van der Waals surface area contributed by atoms with Crippen LogP contribution in [0.2, 0.25) is 0 Å². The average molecular weight is 757 g/mol. The van der Waals surface area contributed by atoms with E-state index in [9.17, 15) is 60.7 Å². The van der Waals surface area contributed by atoms with Gasteiger partial charge in [-0.3, -0.25) is 4.79 Å². The molecule has 0 bridgehead atoms. The standard InChI is InChI=1S/C36H36O18/c37-13-25-28(43)30(45)32(47)35(53-25)51-23-9-15(1-7-20(23)40)2-8-27(42)49-14-26-29(44)31(46)33(48)36(54-26)52-24-12-19-21(41)10-18(39)11-22(19)50-34(24)16-3-5-17(38)6-4-16/h1-12,25-26,28-33,35-38,40-41,43-48H,13-14H2/t25-,26-,28-,29-,30+,31+,32-,33-,35-,36-/m1/s1. The van der Waals surface area contributed by atoms with Gasteiger partial charge < -0.3 is 79.2 Å². The van der Waals surface area contributed by atoms with Crippen molar-refractivity contribution in [1.29, 1.82) is 0 Å². The highest BCUT2D eigenvalue weighted by Crippen LogP contribution is 2.42. The molecule has 0 unspecified atom stereocenters. The lowest BCUT2D eigenvalue weighted by molar-refractivity contribution is -0.278. The van der Waals surface area contributed by atoms with E-state index in [0.29, 0.717) is 5.56 Å². The number of rotatable bonds is 10. The highest BCUT2D eigenvalue weighted by atomic mass is 16.7. The number of ether oxygens (including phenoxy) is 5. The Labute approximate surface area is 304 Å². The number of aromatic hydroxyl groups is 3. The van der Waals surface area contributed by atoms with E-state index >= 15 is 0 Å². The van der Waals surface area contributed by atoms with Crippen molar-refractivity contribution in [2.45, 2.75) is 61.4 Å². The molecule has 3 heterocycles. The van der Waals surface area contributed by atoms with Crippen molar-refractivity contribution < 1.29 is 84.0 Å². The lowest BCUT2D eigenvalue weighted by Gasteiger charge is -2.40. The molecule has 3 aliphatic heterocycles. The molecule has 2 aromatic rings. The Hall–Kier alpha value is -5.28. The van der Waals surface area contributed by atoms with Crippen LogP contribution in [0.5, 0.6) is 28.7 Å². The van der Waals surface area contributed by atoms with Crippen molar-refractivity contribution >= 4 is 12.0 Å². The van der Waals surface area contributed by atoms with Crippen LogP contribution in [0.25, 0.3) is 28.7 Å². The topological polar surface area (TPSA) is 296 Å². The highest BCUT2D eigenvalue weighted by Gasteiger charge is 2.46. The van der Waals surface area contributed by atoms with Crippen LogP contribution in [0, 0.1) is 0 Å². The first-order chi connectivity index (χ1) is 25.7.